The molecule has 0 saturated heterocycles. The maximum absolute atomic E-state index is 7.59. The van der Waals surface area contributed by atoms with E-state index in [0.717, 1.165) is 67.4 Å². The number of benzene rings is 9. The van der Waals surface area contributed by atoms with Gasteiger partial charge in [0.1, 0.15) is 23.0 Å². The Kier molecular flexibility index (Phi) is 7.90. The van der Waals surface area contributed by atoms with E-state index in [1.54, 1.807) is 0 Å². The van der Waals surface area contributed by atoms with Crippen LogP contribution in [0.5, 0.6) is 23.0 Å². The normalized spacial score (nSPS) is 14.2. The zero-order chi connectivity index (χ0) is 41.9. The van der Waals surface area contributed by atoms with Crippen LogP contribution in [-0.2, 0) is 10.8 Å². The maximum Gasteiger partial charge on any atom is 0.262 e. The van der Waals surface area contributed by atoms with E-state index in [4.69, 9.17) is 9.47 Å². The van der Waals surface area contributed by atoms with Crippen LogP contribution < -0.4 is 35.7 Å². The summed E-state index contributed by atoms with van der Waals surface area (Å²) in [5, 5.41) is 4.68. The Morgan fingerprint density at radius 3 is 1.68 bits per heavy atom. The third kappa shape index (κ3) is 5.27. The van der Waals surface area contributed by atoms with Gasteiger partial charge in [0.05, 0.1) is 17.1 Å². The molecule has 0 saturated carbocycles. The lowest BCUT2D eigenvalue weighted by Gasteiger charge is -2.46. The van der Waals surface area contributed by atoms with Gasteiger partial charge < -0.3 is 19.3 Å². The minimum atomic E-state index is -0.418. The van der Waals surface area contributed by atoms with Crippen molar-refractivity contribution in [3.63, 3.8) is 0 Å². The molecule has 3 aliphatic heterocycles. The fourth-order valence-corrected chi connectivity index (χ4v) is 10.6. The summed E-state index contributed by atoms with van der Waals surface area (Å²) in [7, 11) is 0. The van der Waals surface area contributed by atoms with Crippen molar-refractivity contribution in [2.45, 2.75) is 45.4 Å². The van der Waals surface area contributed by atoms with Crippen molar-refractivity contribution in [1.29, 1.82) is 0 Å². The summed E-state index contributed by atoms with van der Waals surface area (Å²) in [6, 6.07) is 65.7. The maximum atomic E-state index is 7.59. The van der Waals surface area contributed by atoms with Crippen molar-refractivity contribution in [2.24, 2.45) is 0 Å². The molecule has 0 fully saturated rings. The minimum Gasteiger partial charge on any atom is -0.458 e. The first kappa shape index (κ1) is 36.6. The number of hydrogen-bond donors (Lipinski definition) is 0. The Balaban J connectivity index is 1.22. The Morgan fingerprint density at radius 2 is 1.03 bits per heavy atom. The molecule has 5 heteroatoms. The van der Waals surface area contributed by atoms with Crippen molar-refractivity contribution in [3.8, 4) is 23.0 Å². The van der Waals surface area contributed by atoms with Crippen LogP contribution in [0, 0.1) is 0 Å². The van der Waals surface area contributed by atoms with E-state index in [-0.39, 0.29) is 12.1 Å². The first-order valence-electron chi connectivity index (χ1n) is 21.7. The quantitative estimate of drug-likeness (QED) is 0.166. The molecular weight excluding hydrogens is 755 g/mol. The number of fused-ring (bicyclic) bond motifs is 12. The van der Waals surface area contributed by atoms with Crippen molar-refractivity contribution >= 4 is 78.8 Å². The Bertz CT molecular complexity index is 3230. The molecule has 0 N–H and O–H groups in total. The van der Waals surface area contributed by atoms with Crippen LogP contribution in [0.1, 0.15) is 51.3 Å². The topological polar surface area (TPSA) is 24.9 Å². The van der Waals surface area contributed by atoms with Gasteiger partial charge in [-0.3, -0.25) is 0 Å². The van der Waals surface area contributed by atoms with Gasteiger partial charge in [0.15, 0.2) is 0 Å². The molecule has 0 atom stereocenters. The second-order valence-electron chi connectivity index (χ2n) is 18.5. The largest absolute Gasteiger partial charge is 0.458 e. The number of hydrogen-bond acceptors (Lipinski definition) is 4. The zero-order valence-electron chi connectivity index (χ0n) is 35.6. The molecule has 0 bridgehead atoms. The average Bonchev–Trinajstić information content (AvgIpc) is 3.29. The van der Waals surface area contributed by atoms with Crippen molar-refractivity contribution in [1.82, 2.24) is 0 Å². The van der Waals surface area contributed by atoms with Gasteiger partial charge in [-0.1, -0.05) is 156 Å². The van der Waals surface area contributed by atoms with E-state index in [2.05, 4.69) is 226 Å². The SMILES string of the molecule is CC(C)(C)c1cc2c3c(c1)Oc1c4c(c5ccccc5c1B3c1c(cc(N(c3ccccc3)c3ccccc3)c3ccccc13)O2)N(c1ccccc1)c1ccccc1C4(C)C. The van der Waals surface area contributed by atoms with Crippen molar-refractivity contribution in [3.05, 3.63) is 199 Å². The highest BCUT2D eigenvalue weighted by atomic mass is 16.5. The first-order valence-corrected chi connectivity index (χ1v) is 21.7. The molecule has 0 spiro atoms. The Hall–Kier alpha value is -7.24. The third-order valence-electron chi connectivity index (χ3n) is 13.4. The highest BCUT2D eigenvalue weighted by molar-refractivity contribution is 7.01. The van der Waals surface area contributed by atoms with Gasteiger partial charge in [0, 0.05) is 50.3 Å². The van der Waals surface area contributed by atoms with Crippen molar-refractivity contribution < 1.29 is 9.47 Å². The van der Waals surface area contributed by atoms with Crippen molar-refractivity contribution in [2.75, 3.05) is 9.80 Å². The third-order valence-corrected chi connectivity index (χ3v) is 13.4. The molecule has 3 aliphatic rings. The Labute approximate surface area is 363 Å². The standard InChI is InChI=1S/C57H45BN2O2/c1-56(2,3)36-33-47-53-48(34-36)62-55-50-54(60(39-25-13-8-14-26-39)45-32-20-19-31-44(45)57(50,4)5)43-30-18-17-29-42(43)52(55)58(53)51-41-28-16-15-27-40(41)46(35-49(51)61-47)59(37-21-9-6-10-22-37)38-23-11-7-12-24-38/h6-35H,1-5H3. The fraction of sp³-hybridized carbons (Fsp3) is 0.123. The molecular formula is C57H45BN2O2. The molecule has 9 aromatic rings. The summed E-state index contributed by atoms with van der Waals surface area (Å²) in [6.07, 6.45) is 0. The highest BCUT2D eigenvalue weighted by Gasteiger charge is 2.49. The summed E-state index contributed by atoms with van der Waals surface area (Å²) < 4.78 is 14.9. The summed E-state index contributed by atoms with van der Waals surface area (Å²) in [5.74, 6) is 3.50. The van der Waals surface area contributed by atoms with Gasteiger partial charge in [-0.25, -0.2) is 0 Å². The smallest absolute Gasteiger partial charge is 0.262 e. The monoisotopic (exact) mass is 800 g/mol. The molecule has 0 amide bonds. The van der Waals surface area contributed by atoms with Crippen LogP contribution in [-0.4, -0.2) is 6.71 Å². The van der Waals surface area contributed by atoms with Gasteiger partial charge in [0.2, 0.25) is 0 Å². The van der Waals surface area contributed by atoms with Crippen LogP contribution in [0.25, 0.3) is 21.5 Å². The number of ether oxygens (including phenoxy) is 2. The van der Waals surface area contributed by atoms with Crippen LogP contribution in [0.3, 0.4) is 0 Å². The predicted molar refractivity (Wildman–Crippen MR) is 259 cm³/mol. The van der Waals surface area contributed by atoms with Gasteiger partial charge in [0.25, 0.3) is 6.71 Å². The van der Waals surface area contributed by atoms with Gasteiger partial charge in [-0.05, 0) is 92.8 Å². The molecule has 298 valence electrons. The Morgan fingerprint density at radius 1 is 0.516 bits per heavy atom. The van der Waals surface area contributed by atoms with E-state index in [9.17, 15) is 0 Å². The van der Waals surface area contributed by atoms with E-state index in [1.807, 2.05) is 0 Å². The van der Waals surface area contributed by atoms with E-state index < -0.39 is 5.41 Å². The summed E-state index contributed by atoms with van der Waals surface area (Å²) in [5.41, 5.74) is 13.2. The first-order chi connectivity index (χ1) is 30.2. The van der Waals surface area contributed by atoms with Gasteiger partial charge in [-0.15, -0.1) is 0 Å². The van der Waals surface area contributed by atoms with E-state index in [1.165, 1.54) is 44.3 Å². The number of rotatable bonds is 4. The summed E-state index contributed by atoms with van der Waals surface area (Å²) in [4.78, 5) is 4.83. The summed E-state index contributed by atoms with van der Waals surface area (Å²) in [6.45, 7) is 11.4. The van der Waals surface area contributed by atoms with Crippen LogP contribution in [0.2, 0.25) is 0 Å². The second-order valence-corrected chi connectivity index (χ2v) is 18.5. The van der Waals surface area contributed by atoms with Gasteiger partial charge in [-0.2, -0.15) is 0 Å². The van der Waals surface area contributed by atoms with Crippen LogP contribution in [0.4, 0.5) is 34.1 Å². The van der Waals surface area contributed by atoms with E-state index >= 15 is 0 Å². The molecule has 0 aliphatic carbocycles. The lowest BCUT2D eigenvalue weighted by molar-refractivity contribution is 0.448. The zero-order valence-corrected chi connectivity index (χ0v) is 35.6. The number of para-hydroxylation sites is 4. The molecule has 3 heterocycles. The molecule has 0 aromatic heterocycles. The lowest BCUT2D eigenvalue weighted by Crippen LogP contribution is -2.58. The van der Waals surface area contributed by atoms with Gasteiger partial charge >= 0.3 is 0 Å². The highest BCUT2D eigenvalue weighted by Crippen LogP contribution is 2.58. The molecule has 9 aromatic carbocycles. The van der Waals surface area contributed by atoms with Crippen LogP contribution >= 0.6 is 0 Å². The molecule has 12 rings (SSSR count). The molecule has 4 nitrogen and oxygen atoms in total. The molecule has 0 radical (unpaired) electrons. The van der Waals surface area contributed by atoms with Crippen LogP contribution in [0.15, 0.2) is 182 Å². The number of nitrogens with zero attached hydrogens (tertiary/aromatic N) is 2. The molecule has 0 unspecified atom stereocenters. The van der Waals surface area contributed by atoms with E-state index in [0.29, 0.717) is 0 Å². The lowest BCUT2D eigenvalue weighted by atomic mass is 9.33. The predicted octanol–water partition coefficient (Wildman–Crippen LogP) is 13.6. The summed E-state index contributed by atoms with van der Waals surface area (Å²) >= 11 is 0. The molecule has 62 heavy (non-hydrogen) atoms. The minimum absolute atomic E-state index is 0.161. The second kappa shape index (κ2) is 13.4. The fourth-order valence-electron chi connectivity index (χ4n) is 10.6. The number of anilines is 6. The average molecular weight is 801 g/mol.